The van der Waals surface area contributed by atoms with Gasteiger partial charge in [-0.15, -0.1) is 0 Å². The van der Waals surface area contributed by atoms with E-state index in [0.29, 0.717) is 23.5 Å². The summed E-state index contributed by atoms with van der Waals surface area (Å²) in [5.41, 5.74) is 0.518. The summed E-state index contributed by atoms with van der Waals surface area (Å²) in [7, 11) is 0. The molecule has 2 aromatic rings. The number of nitrogens with zero attached hydrogens (tertiary/aromatic N) is 1. The summed E-state index contributed by atoms with van der Waals surface area (Å²) in [5, 5.41) is 8.75. The second-order valence-electron chi connectivity index (χ2n) is 5.57. The zero-order valence-electron chi connectivity index (χ0n) is 12.5. The van der Waals surface area contributed by atoms with E-state index >= 15 is 0 Å². The Morgan fingerprint density at radius 1 is 1.18 bits per heavy atom. The number of alkyl halides is 3. The van der Waals surface area contributed by atoms with E-state index < -0.39 is 11.9 Å². The fourth-order valence-electron chi connectivity index (χ4n) is 2.34. The van der Waals surface area contributed by atoms with Crippen molar-refractivity contribution >= 4 is 0 Å². The van der Waals surface area contributed by atoms with Gasteiger partial charge in [-0.2, -0.15) is 18.4 Å². The first-order chi connectivity index (χ1) is 10.2. The quantitative estimate of drug-likeness (QED) is 0.776. The minimum Gasteiger partial charge on any atom is -0.456 e. The first-order valence-corrected chi connectivity index (χ1v) is 6.92. The van der Waals surface area contributed by atoms with Gasteiger partial charge in [-0.3, -0.25) is 0 Å². The molecule has 0 radical (unpaired) electrons. The lowest BCUT2D eigenvalue weighted by atomic mass is 9.96. The molecule has 2 rings (SSSR count). The van der Waals surface area contributed by atoms with Crippen LogP contribution in [0.2, 0.25) is 0 Å². The molecule has 2 aromatic heterocycles. The fourth-order valence-corrected chi connectivity index (χ4v) is 2.34. The lowest BCUT2D eigenvalue weighted by Crippen LogP contribution is -2.02. The van der Waals surface area contributed by atoms with Gasteiger partial charge in [-0.1, -0.05) is 20.8 Å². The topological polar surface area (TPSA) is 50.1 Å². The Morgan fingerprint density at radius 3 is 2.36 bits per heavy atom. The monoisotopic (exact) mass is 311 g/mol. The van der Waals surface area contributed by atoms with Crippen molar-refractivity contribution < 1.29 is 22.0 Å². The first kappa shape index (κ1) is 16.2. The third-order valence-corrected chi connectivity index (χ3v) is 3.39. The van der Waals surface area contributed by atoms with Crippen LogP contribution in [0.4, 0.5) is 13.2 Å². The van der Waals surface area contributed by atoms with Crippen LogP contribution in [0.1, 0.15) is 61.2 Å². The fraction of sp³-hybridized carbons (Fsp3) is 0.438. The summed E-state index contributed by atoms with van der Waals surface area (Å²) >= 11 is 0. The summed E-state index contributed by atoms with van der Waals surface area (Å²) in [6.45, 7) is 5.41. The van der Waals surface area contributed by atoms with Gasteiger partial charge in [0.25, 0.3) is 0 Å². The van der Waals surface area contributed by atoms with Crippen molar-refractivity contribution in [2.75, 3.05) is 0 Å². The second-order valence-corrected chi connectivity index (χ2v) is 5.57. The van der Waals surface area contributed by atoms with Gasteiger partial charge in [0.15, 0.2) is 0 Å². The number of hydrogen-bond donors (Lipinski definition) is 0. The molecular weight excluding hydrogens is 295 g/mol. The standard InChI is InChI=1S/C16H16F3NO2/c1-9(2)15-11(7-14(22-15)16(17,18)19)6-10(3)13-5-4-12(8-20)21-13/h4-5,7,9-10H,6H2,1-3H3. The largest absolute Gasteiger partial charge is 0.456 e. The maximum atomic E-state index is 12.8. The highest BCUT2D eigenvalue weighted by atomic mass is 19.4. The minimum absolute atomic E-state index is 0.149. The zero-order chi connectivity index (χ0) is 16.5. The molecule has 0 spiro atoms. The number of hydrogen-bond acceptors (Lipinski definition) is 3. The Labute approximate surface area is 126 Å². The summed E-state index contributed by atoms with van der Waals surface area (Å²) in [4.78, 5) is 0. The third kappa shape index (κ3) is 3.35. The van der Waals surface area contributed by atoms with Gasteiger partial charge in [-0.25, -0.2) is 0 Å². The van der Waals surface area contributed by atoms with Crippen LogP contribution in [0, 0.1) is 11.3 Å². The molecule has 0 bridgehead atoms. The van der Waals surface area contributed by atoms with E-state index in [2.05, 4.69) is 0 Å². The van der Waals surface area contributed by atoms with E-state index in [1.165, 1.54) is 0 Å². The average molecular weight is 311 g/mol. The van der Waals surface area contributed by atoms with Gasteiger partial charge in [0.1, 0.15) is 17.6 Å². The molecular formula is C16H16F3NO2. The normalized spacial score (nSPS) is 13.4. The summed E-state index contributed by atoms with van der Waals surface area (Å²) < 4.78 is 48.7. The molecule has 0 aliphatic rings. The molecule has 0 saturated heterocycles. The Kier molecular flexibility index (Phi) is 4.36. The number of rotatable bonds is 4. The molecule has 0 aliphatic heterocycles. The van der Waals surface area contributed by atoms with Crippen LogP contribution >= 0.6 is 0 Å². The molecule has 2 heterocycles. The number of halogens is 3. The van der Waals surface area contributed by atoms with Gasteiger partial charge in [0.05, 0.1) is 0 Å². The molecule has 1 unspecified atom stereocenters. The molecule has 3 nitrogen and oxygen atoms in total. The van der Waals surface area contributed by atoms with E-state index in [1.54, 1.807) is 26.0 Å². The van der Waals surface area contributed by atoms with Crippen molar-refractivity contribution in [2.45, 2.75) is 45.2 Å². The predicted molar refractivity (Wildman–Crippen MR) is 73.3 cm³/mol. The van der Waals surface area contributed by atoms with Crippen LogP contribution in [0.25, 0.3) is 0 Å². The minimum atomic E-state index is -4.50. The molecule has 0 aliphatic carbocycles. The van der Waals surface area contributed by atoms with Crippen molar-refractivity contribution in [3.05, 3.63) is 46.8 Å². The van der Waals surface area contributed by atoms with Crippen molar-refractivity contribution in [3.63, 3.8) is 0 Å². The molecule has 0 amide bonds. The van der Waals surface area contributed by atoms with E-state index in [9.17, 15) is 13.2 Å². The van der Waals surface area contributed by atoms with Gasteiger partial charge >= 0.3 is 6.18 Å². The Balaban J connectivity index is 2.28. The van der Waals surface area contributed by atoms with E-state index in [-0.39, 0.29) is 17.6 Å². The van der Waals surface area contributed by atoms with Crippen molar-refractivity contribution in [1.82, 2.24) is 0 Å². The molecule has 0 fully saturated rings. The average Bonchev–Trinajstić information content (AvgIpc) is 3.03. The predicted octanol–water partition coefficient (Wildman–Crippen LogP) is 5.23. The van der Waals surface area contributed by atoms with E-state index in [1.807, 2.05) is 13.0 Å². The zero-order valence-corrected chi connectivity index (χ0v) is 12.5. The van der Waals surface area contributed by atoms with E-state index in [4.69, 9.17) is 14.1 Å². The van der Waals surface area contributed by atoms with Crippen molar-refractivity contribution in [3.8, 4) is 6.07 Å². The lowest BCUT2D eigenvalue weighted by molar-refractivity contribution is -0.153. The molecule has 0 aromatic carbocycles. The molecule has 6 heteroatoms. The van der Waals surface area contributed by atoms with Crippen molar-refractivity contribution in [1.29, 1.82) is 5.26 Å². The molecule has 118 valence electrons. The third-order valence-electron chi connectivity index (χ3n) is 3.39. The SMILES string of the molecule is CC(C)c1oc(C(F)(F)F)cc1CC(C)c1ccc(C#N)o1. The summed E-state index contributed by atoms with van der Waals surface area (Å²) in [6, 6.07) is 6.16. The van der Waals surface area contributed by atoms with E-state index in [0.717, 1.165) is 6.07 Å². The Hall–Kier alpha value is -2.16. The highest BCUT2D eigenvalue weighted by molar-refractivity contribution is 5.28. The second kappa shape index (κ2) is 5.91. The maximum absolute atomic E-state index is 12.8. The van der Waals surface area contributed by atoms with Crippen molar-refractivity contribution in [2.24, 2.45) is 0 Å². The number of furan rings is 2. The molecule has 22 heavy (non-hydrogen) atoms. The Morgan fingerprint density at radius 2 is 1.86 bits per heavy atom. The molecule has 0 N–H and O–H groups in total. The van der Waals surface area contributed by atoms with Crippen LogP contribution in [-0.2, 0) is 12.6 Å². The smallest absolute Gasteiger partial charge is 0.449 e. The highest BCUT2D eigenvalue weighted by Gasteiger charge is 2.36. The first-order valence-electron chi connectivity index (χ1n) is 6.92. The highest BCUT2D eigenvalue weighted by Crippen LogP contribution is 2.36. The van der Waals surface area contributed by atoms with Gasteiger partial charge in [-0.05, 0) is 30.2 Å². The maximum Gasteiger partial charge on any atom is 0.449 e. The summed E-state index contributed by atoms with van der Waals surface area (Å²) in [6.07, 6.45) is -4.14. The summed E-state index contributed by atoms with van der Waals surface area (Å²) in [5.74, 6) is -0.181. The lowest BCUT2D eigenvalue weighted by Gasteiger charge is -2.10. The van der Waals surface area contributed by atoms with Crippen LogP contribution in [0.15, 0.2) is 27.0 Å². The molecule has 1 atom stereocenters. The van der Waals surface area contributed by atoms with Gasteiger partial charge < -0.3 is 8.83 Å². The van der Waals surface area contributed by atoms with Crippen LogP contribution in [0.5, 0.6) is 0 Å². The van der Waals surface area contributed by atoms with Gasteiger partial charge in [0.2, 0.25) is 11.5 Å². The Bertz CT molecular complexity index is 689. The van der Waals surface area contributed by atoms with Gasteiger partial charge in [0, 0.05) is 11.8 Å². The van der Waals surface area contributed by atoms with Crippen LogP contribution in [-0.4, -0.2) is 0 Å². The number of nitriles is 1. The van der Waals surface area contributed by atoms with Crippen LogP contribution in [0.3, 0.4) is 0 Å². The molecule has 0 saturated carbocycles. The van der Waals surface area contributed by atoms with Crippen LogP contribution < -0.4 is 0 Å².